The number of carbonyl (C=O) groups is 3. The first-order valence-corrected chi connectivity index (χ1v) is 15.5. The maximum atomic E-state index is 13.1. The van der Waals surface area contributed by atoms with E-state index in [1.54, 1.807) is 4.90 Å². The van der Waals surface area contributed by atoms with E-state index in [1.165, 1.54) is 19.2 Å². The Morgan fingerprint density at radius 1 is 0.872 bits per heavy atom. The smallest absolute Gasteiger partial charge is 0.410 e. The van der Waals surface area contributed by atoms with Crippen molar-refractivity contribution < 1.29 is 24.0 Å². The molecule has 11 heteroatoms. The lowest BCUT2D eigenvalue weighted by molar-refractivity contribution is -0.384. The lowest BCUT2D eigenvalue weighted by Crippen LogP contribution is -2.46. The summed E-state index contributed by atoms with van der Waals surface area (Å²) >= 11 is 0. The molecule has 0 bridgehead atoms. The largest absolute Gasteiger partial charge is 0.445 e. The molecule has 0 spiro atoms. The highest BCUT2D eigenvalue weighted by molar-refractivity contribution is 6.04. The second kappa shape index (κ2) is 13.5. The van der Waals surface area contributed by atoms with Gasteiger partial charge < -0.3 is 25.3 Å². The maximum absolute atomic E-state index is 13.1. The van der Waals surface area contributed by atoms with Gasteiger partial charge in [-0.25, -0.2) is 4.79 Å². The van der Waals surface area contributed by atoms with E-state index in [0.29, 0.717) is 31.6 Å². The van der Waals surface area contributed by atoms with Crippen LogP contribution in [0.1, 0.15) is 69.2 Å². The van der Waals surface area contributed by atoms with Crippen molar-refractivity contribution >= 4 is 35.0 Å². The van der Waals surface area contributed by atoms with Crippen LogP contribution in [0.4, 0.5) is 21.9 Å². The predicted octanol–water partition coefficient (Wildman–Crippen LogP) is 7.09. The second-order valence-electron chi connectivity index (χ2n) is 12.2. The first-order valence-electron chi connectivity index (χ1n) is 15.5. The summed E-state index contributed by atoms with van der Waals surface area (Å²) in [6, 6.07) is 19.1. The van der Waals surface area contributed by atoms with Gasteiger partial charge >= 0.3 is 6.09 Å². The van der Waals surface area contributed by atoms with Crippen LogP contribution >= 0.6 is 0 Å². The molecule has 4 aromatic rings. The van der Waals surface area contributed by atoms with Gasteiger partial charge in [-0.3, -0.25) is 19.7 Å². The first-order chi connectivity index (χ1) is 22.4. The van der Waals surface area contributed by atoms with Crippen LogP contribution in [-0.2, 0) is 21.6 Å². The second-order valence-corrected chi connectivity index (χ2v) is 12.2. The molecule has 3 amide bonds. The Balaban J connectivity index is 1.46. The van der Waals surface area contributed by atoms with Crippen LogP contribution in [0, 0.1) is 37.8 Å². The zero-order valence-electron chi connectivity index (χ0n) is 27.2. The van der Waals surface area contributed by atoms with E-state index < -0.39 is 16.2 Å². The van der Waals surface area contributed by atoms with Crippen molar-refractivity contribution in [2.45, 2.75) is 59.5 Å². The summed E-state index contributed by atoms with van der Waals surface area (Å²) in [7, 11) is 0. The first kappa shape index (κ1) is 32.9. The van der Waals surface area contributed by atoms with E-state index in [4.69, 9.17) is 4.74 Å². The number of nitrogens with zero attached hydrogens (tertiary/aromatic N) is 2. The molecule has 0 radical (unpaired) electrons. The molecule has 0 atom stereocenters. The van der Waals surface area contributed by atoms with E-state index >= 15 is 0 Å². The van der Waals surface area contributed by atoms with Crippen molar-refractivity contribution in [2.24, 2.45) is 0 Å². The third kappa shape index (κ3) is 7.04. The average Bonchev–Trinajstić information content (AvgIpc) is 3.55. The Kier molecular flexibility index (Phi) is 9.46. The molecule has 5 rings (SSSR count). The number of hydrogen-bond donors (Lipinski definition) is 3. The molecule has 1 aliphatic rings. The third-order valence-corrected chi connectivity index (χ3v) is 8.91. The molecule has 0 aliphatic carbocycles. The van der Waals surface area contributed by atoms with Gasteiger partial charge in [0.1, 0.15) is 12.3 Å². The van der Waals surface area contributed by atoms with Gasteiger partial charge in [-0.05, 0) is 79.5 Å². The van der Waals surface area contributed by atoms with Crippen LogP contribution in [0.5, 0.6) is 0 Å². The van der Waals surface area contributed by atoms with Crippen molar-refractivity contribution in [3.8, 4) is 0 Å². The minimum Gasteiger partial charge on any atom is -0.445 e. The number of amides is 3. The lowest BCUT2D eigenvalue weighted by atomic mass is 9.67. The number of benzene rings is 3. The third-order valence-electron chi connectivity index (χ3n) is 8.91. The summed E-state index contributed by atoms with van der Waals surface area (Å²) in [5, 5.41) is 17.0. The summed E-state index contributed by atoms with van der Waals surface area (Å²) in [5.41, 5.74) is 7.44. The molecule has 3 N–H and O–H groups in total. The number of hydrogen-bond acceptors (Lipinski definition) is 6. The van der Waals surface area contributed by atoms with Gasteiger partial charge in [0.15, 0.2) is 0 Å². The number of aromatic amines is 1. The van der Waals surface area contributed by atoms with Crippen molar-refractivity contribution in [3.63, 3.8) is 0 Å². The predicted molar refractivity (Wildman–Crippen MR) is 180 cm³/mol. The summed E-state index contributed by atoms with van der Waals surface area (Å²) < 4.78 is 5.65. The summed E-state index contributed by atoms with van der Waals surface area (Å²) in [6.07, 6.45) is 2.09. The maximum Gasteiger partial charge on any atom is 0.410 e. The molecule has 0 saturated carbocycles. The Bertz CT molecular complexity index is 1790. The highest BCUT2D eigenvalue weighted by Gasteiger charge is 2.40. The fraction of sp³-hybridized carbons (Fsp3) is 0.306. The Labute approximate surface area is 273 Å². The molecule has 1 aromatic heterocycles. The van der Waals surface area contributed by atoms with Gasteiger partial charge in [-0.2, -0.15) is 0 Å². The molecular formula is C36H39N5O6. The molecule has 11 nitrogen and oxygen atoms in total. The number of aryl methyl sites for hydroxylation is 4. The molecule has 1 aliphatic heterocycles. The number of H-pyrrole nitrogens is 1. The number of anilines is 2. The number of ether oxygens (including phenoxy) is 1. The number of nitrogens with one attached hydrogen (secondary N) is 3. The minimum atomic E-state index is -0.557. The lowest BCUT2D eigenvalue weighted by Gasteiger charge is -2.43. The van der Waals surface area contributed by atoms with Crippen LogP contribution in [0.25, 0.3) is 0 Å². The number of nitro groups is 1. The van der Waals surface area contributed by atoms with Crippen molar-refractivity contribution in [1.29, 1.82) is 0 Å². The molecule has 1 fully saturated rings. The van der Waals surface area contributed by atoms with Crippen molar-refractivity contribution in [1.82, 2.24) is 9.88 Å². The van der Waals surface area contributed by atoms with E-state index in [2.05, 4.69) is 39.9 Å². The zero-order valence-corrected chi connectivity index (χ0v) is 27.2. The monoisotopic (exact) mass is 637 g/mol. The van der Waals surface area contributed by atoms with Crippen LogP contribution in [0.15, 0.2) is 66.9 Å². The summed E-state index contributed by atoms with van der Waals surface area (Å²) in [5.74, 6) is -0.618. The summed E-state index contributed by atoms with van der Waals surface area (Å²) in [4.78, 5) is 53.0. The molecule has 3 aromatic carbocycles. The van der Waals surface area contributed by atoms with Gasteiger partial charge in [-0.1, -0.05) is 54.6 Å². The fourth-order valence-electron chi connectivity index (χ4n) is 6.48. The highest BCUT2D eigenvalue weighted by Crippen LogP contribution is 2.45. The molecule has 244 valence electrons. The highest BCUT2D eigenvalue weighted by atomic mass is 16.6. The van der Waals surface area contributed by atoms with Gasteiger partial charge in [0.05, 0.1) is 11.1 Å². The molecule has 2 heterocycles. The minimum absolute atomic E-state index is 0.0905. The average molecular weight is 638 g/mol. The Morgan fingerprint density at radius 2 is 1.40 bits per heavy atom. The van der Waals surface area contributed by atoms with Crippen LogP contribution in [0.3, 0.4) is 0 Å². The Hall–Kier alpha value is -5.45. The van der Waals surface area contributed by atoms with Crippen LogP contribution in [0.2, 0.25) is 0 Å². The number of carbonyl (C=O) groups excluding carboxylic acids is 3. The Morgan fingerprint density at radius 3 is 1.89 bits per heavy atom. The van der Waals surface area contributed by atoms with E-state index in [9.17, 15) is 24.5 Å². The standard InChI is InChI=1S/C36H39N5O6/c1-22-15-28(16-23(2)32(22)38-26(5)42)36(11-13-40(14-12-36)35(44)47-21-27-9-7-6-8-10-27)29-17-24(3)33(25(4)18-29)39-34(43)31-19-30(20-37-31)41(45)46/h6-10,15-20,37H,11-14,21H2,1-5H3,(H,38,42)(H,39,43). The van der Waals surface area contributed by atoms with E-state index in [0.717, 1.165) is 44.6 Å². The zero-order chi connectivity index (χ0) is 33.9. The molecule has 0 unspecified atom stereocenters. The normalized spacial score (nSPS) is 13.9. The van der Waals surface area contributed by atoms with Gasteiger partial charge in [0.25, 0.3) is 11.6 Å². The van der Waals surface area contributed by atoms with E-state index in [1.807, 2.05) is 58.0 Å². The summed E-state index contributed by atoms with van der Waals surface area (Å²) in [6.45, 7) is 10.4. The molecule has 1 saturated heterocycles. The van der Waals surface area contributed by atoms with Gasteiger partial charge in [-0.15, -0.1) is 0 Å². The van der Waals surface area contributed by atoms with Gasteiger partial charge in [0.2, 0.25) is 5.91 Å². The molecular weight excluding hydrogens is 598 g/mol. The molecule has 47 heavy (non-hydrogen) atoms. The van der Waals surface area contributed by atoms with Crippen molar-refractivity contribution in [2.75, 3.05) is 23.7 Å². The number of likely N-dealkylation sites (tertiary alicyclic amines) is 1. The van der Waals surface area contributed by atoms with Crippen molar-refractivity contribution in [3.05, 3.63) is 122 Å². The number of rotatable bonds is 8. The fourth-order valence-corrected chi connectivity index (χ4v) is 6.48. The quantitative estimate of drug-likeness (QED) is 0.139. The topological polar surface area (TPSA) is 147 Å². The number of aromatic nitrogens is 1. The van der Waals surface area contributed by atoms with Crippen LogP contribution < -0.4 is 10.6 Å². The number of piperidine rings is 1. The van der Waals surface area contributed by atoms with E-state index in [-0.39, 0.29) is 30.0 Å². The van der Waals surface area contributed by atoms with Gasteiger partial charge in [0, 0.05) is 42.9 Å². The van der Waals surface area contributed by atoms with Crippen LogP contribution in [-0.4, -0.2) is 45.8 Å². The SMILES string of the molecule is CC(=O)Nc1c(C)cc(C2(c3cc(C)c(NC(=O)c4cc([N+](=O)[O-])c[nH]4)c(C)c3)CCN(C(=O)OCc3ccccc3)CC2)cc1C.